The van der Waals surface area contributed by atoms with Gasteiger partial charge in [-0.1, -0.05) is 66.4 Å². The molecule has 0 atom stereocenters. The van der Waals surface area contributed by atoms with Crippen LogP contribution in [0.2, 0.25) is 0 Å². The molecule has 1 aliphatic heterocycles. The third kappa shape index (κ3) is 2.97. The molecular formula is C20H12FNOS2. The molecule has 0 aromatic heterocycles. The number of thioether (sulfide) groups is 1. The number of carbonyl (C=O) groups is 1. The second-order valence-corrected chi connectivity index (χ2v) is 7.24. The van der Waals surface area contributed by atoms with Crippen LogP contribution in [0.5, 0.6) is 0 Å². The summed E-state index contributed by atoms with van der Waals surface area (Å²) in [5.41, 5.74) is 1.54. The molecule has 0 saturated carbocycles. The number of hydrogen-bond acceptors (Lipinski definition) is 3. The first kappa shape index (κ1) is 16.0. The van der Waals surface area contributed by atoms with Crippen LogP contribution in [0.3, 0.4) is 0 Å². The molecule has 25 heavy (non-hydrogen) atoms. The van der Waals surface area contributed by atoms with E-state index in [1.807, 2.05) is 48.5 Å². The van der Waals surface area contributed by atoms with E-state index >= 15 is 0 Å². The van der Waals surface area contributed by atoms with Crippen molar-refractivity contribution in [3.8, 4) is 0 Å². The first-order chi connectivity index (χ1) is 12.1. The minimum Gasteiger partial charge on any atom is -0.268 e. The molecule has 122 valence electrons. The molecule has 5 heteroatoms. The molecule has 0 radical (unpaired) electrons. The highest BCUT2D eigenvalue weighted by Crippen LogP contribution is 2.36. The second kappa shape index (κ2) is 6.43. The largest absolute Gasteiger partial charge is 0.270 e. The molecule has 1 saturated heterocycles. The second-order valence-electron chi connectivity index (χ2n) is 5.56. The smallest absolute Gasteiger partial charge is 0.268 e. The van der Waals surface area contributed by atoms with E-state index in [-0.39, 0.29) is 11.7 Å². The van der Waals surface area contributed by atoms with Crippen molar-refractivity contribution >= 4 is 56.7 Å². The average Bonchev–Trinajstić information content (AvgIpc) is 2.90. The standard InChI is InChI=1S/C20H12FNOS2/c21-15-8-10-16(11-9-15)22-19(23)18(25-20(22)24)12-14-6-3-5-13-4-1-2-7-17(13)14/h1-12H/b18-12+. The topological polar surface area (TPSA) is 20.3 Å². The zero-order chi connectivity index (χ0) is 17.4. The molecule has 1 amide bonds. The van der Waals surface area contributed by atoms with E-state index < -0.39 is 0 Å². The van der Waals surface area contributed by atoms with E-state index in [2.05, 4.69) is 0 Å². The van der Waals surface area contributed by atoms with E-state index in [1.165, 1.54) is 28.8 Å². The first-order valence-electron chi connectivity index (χ1n) is 7.65. The average molecular weight is 365 g/mol. The summed E-state index contributed by atoms with van der Waals surface area (Å²) < 4.78 is 13.6. The van der Waals surface area contributed by atoms with E-state index in [0.717, 1.165) is 16.3 Å². The minimum atomic E-state index is -0.347. The summed E-state index contributed by atoms with van der Waals surface area (Å²) in [4.78, 5) is 14.8. The zero-order valence-electron chi connectivity index (χ0n) is 13.0. The molecule has 4 rings (SSSR count). The number of amides is 1. The summed E-state index contributed by atoms with van der Waals surface area (Å²) >= 11 is 6.61. The van der Waals surface area contributed by atoms with Gasteiger partial charge >= 0.3 is 0 Å². The van der Waals surface area contributed by atoms with Crippen molar-refractivity contribution in [3.63, 3.8) is 0 Å². The van der Waals surface area contributed by atoms with Crippen molar-refractivity contribution in [2.24, 2.45) is 0 Å². The van der Waals surface area contributed by atoms with E-state index in [1.54, 1.807) is 12.1 Å². The lowest BCUT2D eigenvalue weighted by molar-refractivity contribution is -0.113. The Hall–Kier alpha value is -2.50. The maximum atomic E-state index is 13.1. The number of nitrogens with zero attached hydrogens (tertiary/aromatic N) is 1. The predicted molar refractivity (Wildman–Crippen MR) is 106 cm³/mol. The van der Waals surface area contributed by atoms with Gasteiger partial charge < -0.3 is 0 Å². The molecule has 1 aliphatic rings. The van der Waals surface area contributed by atoms with Crippen LogP contribution in [0.25, 0.3) is 16.8 Å². The van der Waals surface area contributed by atoms with Crippen molar-refractivity contribution in [1.82, 2.24) is 0 Å². The number of fused-ring (bicyclic) bond motifs is 1. The molecule has 1 heterocycles. The summed E-state index contributed by atoms with van der Waals surface area (Å²) in [5.74, 6) is -0.532. The van der Waals surface area contributed by atoms with Crippen LogP contribution in [0.15, 0.2) is 71.6 Å². The SMILES string of the molecule is O=C1/C(=C\c2cccc3ccccc23)SC(=S)N1c1ccc(F)cc1. The maximum absolute atomic E-state index is 13.1. The molecule has 3 aromatic rings. The van der Waals surface area contributed by atoms with Gasteiger partial charge in [-0.2, -0.15) is 0 Å². The first-order valence-corrected chi connectivity index (χ1v) is 8.87. The fourth-order valence-corrected chi connectivity index (χ4v) is 4.09. The van der Waals surface area contributed by atoms with Crippen LogP contribution in [-0.4, -0.2) is 10.2 Å². The quantitative estimate of drug-likeness (QED) is 0.449. The summed E-state index contributed by atoms with van der Waals surface area (Å²) in [7, 11) is 0. The molecule has 0 unspecified atom stereocenters. The lowest BCUT2D eigenvalue weighted by Gasteiger charge is -2.14. The Kier molecular flexibility index (Phi) is 4.11. The zero-order valence-corrected chi connectivity index (χ0v) is 14.6. The Bertz CT molecular complexity index is 1020. The van der Waals surface area contributed by atoms with Gasteiger partial charge in [-0.25, -0.2) is 4.39 Å². The van der Waals surface area contributed by atoms with Crippen molar-refractivity contribution in [1.29, 1.82) is 0 Å². The van der Waals surface area contributed by atoms with Gasteiger partial charge in [-0.05, 0) is 46.7 Å². The minimum absolute atomic E-state index is 0.186. The van der Waals surface area contributed by atoms with Gasteiger partial charge in [0.2, 0.25) is 0 Å². The van der Waals surface area contributed by atoms with Gasteiger partial charge in [0.1, 0.15) is 5.82 Å². The normalized spacial score (nSPS) is 16.2. The Balaban J connectivity index is 1.74. The molecule has 0 N–H and O–H groups in total. The Morgan fingerprint density at radius 1 is 0.960 bits per heavy atom. The number of thiocarbonyl (C=S) groups is 1. The van der Waals surface area contributed by atoms with Crippen LogP contribution < -0.4 is 4.90 Å². The van der Waals surface area contributed by atoms with Crippen molar-refractivity contribution < 1.29 is 9.18 Å². The fourth-order valence-electron chi connectivity index (χ4n) is 2.80. The highest BCUT2D eigenvalue weighted by Gasteiger charge is 2.33. The third-order valence-corrected chi connectivity index (χ3v) is 5.29. The lowest BCUT2D eigenvalue weighted by Crippen LogP contribution is -2.27. The van der Waals surface area contributed by atoms with Gasteiger partial charge in [0.15, 0.2) is 4.32 Å². The van der Waals surface area contributed by atoms with E-state index in [9.17, 15) is 9.18 Å². The van der Waals surface area contributed by atoms with Crippen LogP contribution in [0, 0.1) is 5.82 Å². The number of carbonyl (C=O) groups excluding carboxylic acids is 1. The summed E-state index contributed by atoms with van der Waals surface area (Å²) in [6, 6.07) is 19.8. The number of halogens is 1. The number of anilines is 1. The monoisotopic (exact) mass is 365 g/mol. The summed E-state index contributed by atoms with van der Waals surface area (Å²) in [5, 5.41) is 2.20. The number of benzene rings is 3. The Morgan fingerprint density at radius 2 is 1.68 bits per heavy atom. The van der Waals surface area contributed by atoms with Gasteiger partial charge in [0.25, 0.3) is 5.91 Å². The molecule has 0 spiro atoms. The predicted octanol–water partition coefficient (Wildman–Crippen LogP) is 5.38. The van der Waals surface area contributed by atoms with Crippen molar-refractivity contribution in [2.75, 3.05) is 4.90 Å². The molecule has 3 aromatic carbocycles. The van der Waals surface area contributed by atoms with Gasteiger partial charge in [-0.15, -0.1) is 0 Å². The van der Waals surface area contributed by atoms with Crippen LogP contribution in [0.4, 0.5) is 10.1 Å². The fraction of sp³-hybridized carbons (Fsp3) is 0. The van der Waals surface area contributed by atoms with Crippen molar-refractivity contribution in [2.45, 2.75) is 0 Å². The molecule has 1 fully saturated rings. The van der Waals surface area contributed by atoms with Crippen molar-refractivity contribution in [3.05, 3.63) is 83.0 Å². The van der Waals surface area contributed by atoms with Gasteiger partial charge in [0.05, 0.1) is 10.6 Å². The highest BCUT2D eigenvalue weighted by atomic mass is 32.2. The molecule has 2 nitrogen and oxygen atoms in total. The third-order valence-electron chi connectivity index (χ3n) is 3.99. The summed E-state index contributed by atoms with van der Waals surface area (Å²) in [6.45, 7) is 0. The van der Waals surface area contributed by atoms with Crippen LogP contribution in [0.1, 0.15) is 5.56 Å². The lowest BCUT2D eigenvalue weighted by atomic mass is 10.0. The van der Waals surface area contributed by atoms with Crippen LogP contribution in [-0.2, 0) is 4.79 Å². The summed E-state index contributed by atoms with van der Waals surface area (Å²) in [6.07, 6.45) is 1.87. The Labute approximate surface area is 154 Å². The molecule has 0 bridgehead atoms. The molecule has 0 aliphatic carbocycles. The number of rotatable bonds is 2. The molecular weight excluding hydrogens is 353 g/mol. The van der Waals surface area contributed by atoms with E-state index in [0.29, 0.717) is 14.9 Å². The Morgan fingerprint density at radius 3 is 2.48 bits per heavy atom. The van der Waals surface area contributed by atoms with Crippen LogP contribution >= 0.6 is 24.0 Å². The van der Waals surface area contributed by atoms with Gasteiger partial charge in [-0.3, -0.25) is 9.69 Å². The maximum Gasteiger partial charge on any atom is 0.270 e. The van der Waals surface area contributed by atoms with Gasteiger partial charge in [0, 0.05) is 0 Å². The highest BCUT2D eigenvalue weighted by molar-refractivity contribution is 8.27. The number of hydrogen-bond donors (Lipinski definition) is 0. The van der Waals surface area contributed by atoms with E-state index in [4.69, 9.17) is 12.2 Å².